The Morgan fingerprint density at radius 3 is 2.73 bits per heavy atom. The summed E-state index contributed by atoms with van der Waals surface area (Å²) in [4.78, 5) is 32.6. The van der Waals surface area contributed by atoms with Crippen LogP contribution in [0.15, 0.2) is 70.5 Å². The fourth-order valence-electron chi connectivity index (χ4n) is 4.17. The molecule has 0 bridgehead atoms. The van der Waals surface area contributed by atoms with Gasteiger partial charge in [0.2, 0.25) is 5.78 Å². The Morgan fingerprint density at radius 1 is 1.16 bits per heavy atom. The third kappa shape index (κ3) is 4.44. The van der Waals surface area contributed by atoms with Gasteiger partial charge in [0.05, 0.1) is 41.3 Å². The molecule has 0 fully saturated rings. The summed E-state index contributed by atoms with van der Waals surface area (Å²) in [6.07, 6.45) is 2.14. The highest BCUT2D eigenvalue weighted by atomic mass is 32.1. The number of halogens is 1. The molecule has 3 heterocycles. The number of ether oxygens (including phenoxy) is 2. The van der Waals surface area contributed by atoms with Crippen molar-refractivity contribution in [1.82, 2.24) is 4.98 Å². The average molecular weight is 523 g/mol. The van der Waals surface area contributed by atoms with E-state index in [-0.39, 0.29) is 16.5 Å². The number of rotatable bonds is 9. The number of thiazole rings is 1. The van der Waals surface area contributed by atoms with Gasteiger partial charge in [-0.1, -0.05) is 24.3 Å². The van der Waals surface area contributed by atoms with Gasteiger partial charge in [0.25, 0.3) is 5.91 Å². The lowest BCUT2D eigenvalue weighted by Gasteiger charge is -2.25. The molecule has 0 saturated heterocycles. The number of aliphatic hydroxyl groups excluding tert-OH is 1. The largest absolute Gasteiger partial charge is 0.503 e. The second-order valence-corrected chi connectivity index (χ2v) is 9.25. The van der Waals surface area contributed by atoms with Crippen molar-refractivity contribution in [2.45, 2.75) is 26.3 Å². The van der Waals surface area contributed by atoms with Crippen molar-refractivity contribution in [2.24, 2.45) is 0 Å². The van der Waals surface area contributed by atoms with Gasteiger partial charge in [-0.25, -0.2) is 9.37 Å². The van der Waals surface area contributed by atoms with E-state index in [2.05, 4.69) is 4.98 Å². The van der Waals surface area contributed by atoms with Crippen molar-refractivity contribution in [3.63, 3.8) is 0 Å². The molecule has 4 aromatic rings. The molecule has 0 saturated carbocycles. The fourth-order valence-corrected chi connectivity index (χ4v) is 5.19. The lowest BCUT2D eigenvalue weighted by atomic mass is 9.95. The van der Waals surface area contributed by atoms with Gasteiger partial charge in [-0.3, -0.25) is 14.5 Å². The van der Waals surface area contributed by atoms with Crippen molar-refractivity contribution in [1.29, 1.82) is 0 Å². The number of carbonyl (C=O) groups excluding carboxylic acids is 2. The summed E-state index contributed by atoms with van der Waals surface area (Å²) in [5.41, 5.74) is 0.816. The third-order valence-corrected chi connectivity index (χ3v) is 6.81. The number of nitrogens with zero attached hydrogens (tertiary/aromatic N) is 2. The Kier molecular flexibility index (Phi) is 6.66. The molecule has 2 aromatic heterocycles. The number of carbonyl (C=O) groups is 2. The molecule has 1 atom stereocenters. The molecular formula is C27H23FN2O6S. The molecule has 37 heavy (non-hydrogen) atoms. The number of ketones is 1. The SMILES string of the molecule is CCCOc1ccc(C2C(C(=O)c3ccco3)=C(O)C(=O)N2c2nc3ccc(F)cc3s2)cc1OCC. The van der Waals surface area contributed by atoms with Crippen LogP contribution in [0, 0.1) is 5.82 Å². The Balaban J connectivity index is 1.67. The predicted octanol–water partition coefficient (Wildman–Crippen LogP) is 6.00. The van der Waals surface area contributed by atoms with Gasteiger partial charge in [0, 0.05) is 0 Å². The molecule has 0 aliphatic carbocycles. The van der Waals surface area contributed by atoms with Gasteiger partial charge >= 0.3 is 0 Å². The molecule has 10 heteroatoms. The van der Waals surface area contributed by atoms with Crippen LogP contribution < -0.4 is 14.4 Å². The Morgan fingerprint density at radius 2 is 2.00 bits per heavy atom. The minimum absolute atomic E-state index is 0.0273. The van der Waals surface area contributed by atoms with E-state index < -0.39 is 29.3 Å². The zero-order chi connectivity index (χ0) is 26.1. The quantitative estimate of drug-likeness (QED) is 0.269. The van der Waals surface area contributed by atoms with Crippen LogP contribution in [0.3, 0.4) is 0 Å². The summed E-state index contributed by atoms with van der Waals surface area (Å²) in [6.45, 7) is 4.67. The molecule has 2 aromatic carbocycles. The minimum Gasteiger partial charge on any atom is -0.503 e. The summed E-state index contributed by atoms with van der Waals surface area (Å²) in [7, 11) is 0. The zero-order valence-electron chi connectivity index (χ0n) is 20.1. The first-order valence-electron chi connectivity index (χ1n) is 11.7. The highest BCUT2D eigenvalue weighted by Gasteiger charge is 2.46. The molecule has 1 aliphatic rings. The number of Topliss-reactive ketones (excluding diaryl/α,β-unsaturated/α-hetero) is 1. The van der Waals surface area contributed by atoms with Gasteiger partial charge < -0.3 is 19.0 Å². The van der Waals surface area contributed by atoms with Gasteiger partial charge in [-0.15, -0.1) is 0 Å². The number of fused-ring (bicyclic) bond motifs is 1. The number of hydrogen-bond donors (Lipinski definition) is 1. The highest BCUT2D eigenvalue weighted by Crippen LogP contribution is 2.45. The number of benzene rings is 2. The summed E-state index contributed by atoms with van der Waals surface area (Å²) in [5, 5.41) is 11.1. The number of furan rings is 1. The third-order valence-electron chi connectivity index (χ3n) is 5.79. The van der Waals surface area contributed by atoms with Crippen molar-refractivity contribution < 1.29 is 33.0 Å². The maximum atomic E-state index is 13.8. The normalized spacial score (nSPS) is 15.6. The summed E-state index contributed by atoms with van der Waals surface area (Å²) >= 11 is 1.08. The first kappa shape index (κ1) is 24.5. The second kappa shape index (κ2) is 10.1. The molecular weight excluding hydrogens is 499 g/mol. The molecule has 1 unspecified atom stereocenters. The van der Waals surface area contributed by atoms with E-state index in [9.17, 15) is 19.1 Å². The monoisotopic (exact) mass is 522 g/mol. The zero-order valence-corrected chi connectivity index (χ0v) is 20.9. The van der Waals surface area contributed by atoms with Crippen LogP contribution in [0.2, 0.25) is 0 Å². The molecule has 1 aliphatic heterocycles. The van der Waals surface area contributed by atoms with E-state index in [4.69, 9.17) is 13.9 Å². The molecule has 0 radical (unpaired) electrons. The van der Waals surface area contributed by atoms with E-state index in [1.54, 1.807) is 24.3 Å². The van der Waals surface area contributed by atoms with Crippen LogP contribution in [-0.2, 0) is 4.79 Å². The lowest BCUT2D eigenvalue weighted by Crippen LogP contribution is -2.31. The van der Waals surface area contributed by atoms with Crippen molar-refractivity contribution in [2.75, 3.05) is 18.1 Å². The number of aromatic nitrogens is 1. The smallest absolute Gasteiger partial charge is 0.296 e. The number of aliphatic hydroxyl groups is 1. The number of amides is 1. The summed E-state index contributed by atoms with van der Waals surface area (Å²) in [5.74, 6) is -1.66. The number of anilines is 1. The Hall–Kier alpha value is -4.18. The van der Waals surface area contributed by atoms with Crippen LogP contribution in [-0.4, -0.2) is 35.0 Å². The van der Waals surface area contributed by atoms with Crippen LogP contribution in [0.25, 0.3) is 10.2 Å². The first-order valence-corrected chi connectivity index (χ1v) is 12.5. The fraction of sp³-hybridized carbons (Fsp3) is 0.222. The van der Waals surface area contributed by atoms with Crippen molar-refractivity contribution in [3.05, 3.63) is 83.3 Å². The molecule has 1 amide bonds. The van der Waals surface area contributed by atoms with Crippen LogP contribution in [0.5, 0.6) is 11.5 Å². The van der Waals surface area contributed by atoms with Crippen LogP contribution in [0.1, 0.15) is 42.4 Å². The summed E-state index contributed by atoms with van der Waals surface area (Å²) < 4.78 is 31.2. The standard InChI is InChI=1S/C27H23FN2O6S/c1-3-11-35-18-10-7-15(13-20(18)34-4-2)23-22(24(31)19-6-5-12-36-19)25(32)26(33)30(23)27-29-17-9-8-16(28)14-21(17)37-27/h5-10,12-14,23,32H,3-4,11H2,1-2H3. The predicted molar refractivity (Wildman–Crippen MR) is 136 cm³/mol. The van der Waals surface area contributed by atoms with Gasteiger partial charge in [0.15, 0.2) is 28.1 Å². The van der Waals surface area contributed by atoms with E-state index >= 15 is 0 Å². The molecule has 1 N–H and O–H groups in total. The maximum Gasteiger partial charge on any atom is 0.296 e. The van der Waals surface area contributed by atoms with Gasteiger partial charge in [-0.05, 0) is 61.4 Å². The van der Waals surface area contributed by atoms with Crippen molar-refractivity contribution >= 4 is 38.4 Å². The molecule has 0 spiro atoms. The molecule has 5 rings (SSSR count). The average Bonchev–Trinajstić information content (AvgIpc) is 3.62. The van der Waals surface area contributed by atoms with E-state index in [0.29, 0.717) is 40.5 Å². The Bertz CT molecular complexity index is 1510. The van der Waals surface area contributed by atoms with Gasteiger partial charge in [0.1, 0.15) is 5.82 Å². The van der Waals surface area contributed by atoms with E-state index in [1.807, 2.05) is 13.8 Å². The lowest BCUT2D eigenvalue weighted by molar-refractivity contribution is -0.117. The second-order valence-electron chi connectivity index (χ2n) is 8.24. The number of hydrogen-bond acceptors (Lipinski definition) is 8. The van der Waals surface area contributed by atoms with E-state index in [1.165, 1.54) is 35.4 Å². The van der Waals surface area contributed by atoms with Gasteiger partial charge in [-0.2, -0.15) is 0 Å². The van der Waals surface area contributed by atoms with Crippen LogP contribution in [0.4, 0.5) is 9.52 Å². The first-order chi connectivity index (χ1) is 17.9. The van der Waals surface area contributed by atoms with E-state index in [0.717, 1.165) is 17.8 Å². The molecule has 190 valence electrons. The summed E-state index contributed by atoms with van der Waals surface area (Å²) in [6, 6.07) is 11.2. The van der Waals surface area contributed by atoms with Crippen LogP contribution >= 0.6 is 11.3 Å². The minimum atomic E-state index is -1.05. The highest BCUT2D eigenvalue weighted by molar-refractivity contribution is 7.22. The maximum absolute atomic E-state index is 13.8. The molecule has 8 nitrogen and oxygen atoms in total. The topological polar surface area (TPSA) is 102 Å². The Labute approximate surface area is 215 Å². The van der Waals surface area contributed by atoms with Crippen molar-refractivity contribution in [3.8, 4) is 11.5 Å².